The predicted octanol–water partition coefficient (Wildman–Crippen LogP) is 2.09. The highest BCUT2D eigenvalue weighted by molar-refractivity contribution is 7.92. The van der Waals surface area contributed by atoms with Crippen molar-refractivity contribution in [2.45, 2.75) is 32.9 Å². The first kappa shape index (κ1) is 25.4. The molecule has 0 aliphatic carbocycles. The zero-order chi connectivity index (χ0) is 24.9. The molecule has 0 spiro atoms. The largest absolute Gasteiger partial charge is 0.486 e. The number of aryl methyl sites for hydroxylation is 1. The molecule has 9 nitrogen and oxygen atoms in total. The summed E-state index contributed by atoms with van der Waals surface area (Å²) in [6.07, 6.45) is 1.42. The number of nitrogens with one attached hydrogen (secondary N) is 1. The second kappa shape index (κ2) is 10.8. The van der Waals surface area contributed by atoms with Crippen LogP contribution in [0.25, 0.3) is 0 Å². The minimum Gasteiger partial charge on any atom is -0.486 e. The molecular weight excluding hydrogens is 458 g/mol. The molecule has 0 saturated heterocycles. The van der Waals surface area contributed by atoms with Crippen LogP contribution in [0, 0.1) is 6.92 Å². The van der Waals surface area contributed by atoms with Gasteiger partial charge < -0.3 is 19.7 Å². The summed E-state index contributed by atoms with van der Waals surface area (Å²) in [7, 11) is -2.31. The van der Waals surface area contributed by atoms with Gasteiger partial charge in [0.15, 0.2) is 11.5 Å². The first-order chi connectivity index (χ1) is 16.2. The molecular formula is C24H31N3O6S. The van der Waals surface area contributed by atoms with Crippen molar-refractivity contribution in [3.05, 3.63) is 53.6 Å². The molecule has 10 heteroatoms. The fourth-order valence-electron chi connectivity index (χ4n) is 3.86. The summed E-state index contributed by atoms with van der Waals surface area (Å²) < 4.78 is 37.5. The van der Waals surface area contributed by atoms with Crippen LogP contribution in [0.2, 0.25) is 0 Å². The summed E-state index contributed by atoms with van der Waals surface area (Å²) >= 11 is 0. The Morgan fingerprint density at radius 2 is 1.76 bits per heavy atom. The van der Waals surface area contributed by atoms with Gasteiger partial charge in [0.2, 0.25) is 21.8 Å². The number of hydrogen-bond donors (Lipinski definition) is 1. The van der Waals surface area contributed by atoms with Crippen molar-refractivity contribution in [2.24, 2.45) is 0 Å². The smallest absolute Gasteiger partial charge is 0.244 e. The number of anilines is 1. The van der Waals surface area contributed by atoms with Crippen LogP contribution in [0.5, 0.6) is 11.5 Å². The Bertz CT molecular complexity index is 1150. The van der Waals surface area contributed by atoms with Crippen molar-refractivity contribution in [3.63, 3.8) is 0 Å². The standard InChI is InChI=1S/C24H31N3O6S/c1-5-20(24(29)25-3)26(15-18-9-7-6-8-17(18)2)23(28)16-27(34(4,30)31)19-10-11-21-22(14-19)33-13-12-32-21/h6-11,14,20H,5,12-13,15-16H2,1-4H3,(H,25,29)/t20-/m0/s1. The maximum Gasteiger partial charge on any atom is 0.244 e. The quantitative estimate of drug-likeness (QED) is 0.578. The molecule has 1 aliphatic rings. The number of rotatable bonds is 9. The Kier molecular flexibility index (Phi) is 8.03. The Morgan fingerprint density at radius 3 is 2.38 bits per heavy atom. The maximum atomic E-state index is 13.6. The SMILES string of the molecule is CC[C@@H](C(=O)NC)N(Cc1ccccc1C)C(=O)CN(c1ccc2c(c1)OCCO2)S(C)(=O)=O. The van der Waals surface area contributed by atoms with Crippen molar-refractivity contribution < 1.29 is 27.5 Å². The second-order valence-corrected chi connectivity index (χ2v) is 9.99. The number of carbonyl (C=O) groups excluding carboxylic acids is 2. The third-order valence-corrected chi connectivity index (χ3v) is 6.87. The lowest BCUT2D eigenvalue weighted by molar-refractivity contribution is -0.140. The van der Waals surface area contributed by atoms with Crippen LogP contribution in [0.3, 0.4) is 0 Å². The molecule has 0 bridgehead atoms. The van der Waals surface area contributed by atoms with Crippen LogP contribution in [-0.2, 0) is 26.2 Å². The van der Waals surface area contributed by atoms with Crippen molar-refractivity contribution >= 4 is 27.5 Å². The van der Waals surface area contributed by atoms with E-state index in [0.717, 1.165) is 21.7 Å². The van der Waals surface area contributed by atoms with E-state index < -0.39 is 28.5 Å². The van der Waals surface area contributed by atoms with Crippen LogP contribution >= 0.6 is 0 Å². The second-order valence-electron chi connectivity index (χ2n) is 8.08. The van der Waals surface area contributed by atoms with Gasteiger partial charge in [-0.05, 0) is 36.6 Å². The number of hydrogen-bond acceptors (Lipinski definition) is 6. The van der Waals surface area contributed by atoms with Crippen LogP contribution in [0.15, 0.2) is 42.5 Å². The molecule has 34 heavy (non-hydrogen) atoms. The van der Waals surface area contributed by atoms with Gasteiger partial charge in [0.05, 0.1) is 11.9 Å². The Balaban J connectivity index is 1.96. The van der Waals surface area contributed by atoms with Gasteiger partial charge >= 0.3 is 0 Å². The van der Waals surface area contributed by atoms with Crippen molar-refractivity contribution in [1.29, 1.82) is 0 Å². The number of fused-ring (bicyclic) bond motifs is 1. The van der Waals surface area contributed by atoms with Gasteiger partial charge in [-0.2, -0.15) is 0 Å². The van der Waals surface area contributed by atoms with Gasteiger partial charge in [0, 0.05) is 19.7 Å². The number of benzene rings is 2. The summed E-state index contributed by atoms with van der Waals surface area (Å²) in [5.74, 6) is 0.133. The number of likely N-dealkylation sites (N-methyl/N-ethyl adjacent to an activating group) is 1. The molecule has 0 aromatic heterocycles. The number of ether oxygens (including phenoxy) is 2. The van der Waals surface area contributed by atoms with E-state index in [9.17, 15) is 18.0 Å². The molecule has 2 aromatic carbocycles. The average molecular weight is 490 g/mol. The fourth-order valence-corrected chi connectivity index (χ4v) is 4.70. The Morgan fingerprint density at radius 1 is 1.09 bits per heavy atom. The first-order valence-electron chi connectivity index (χ1n) is 11.1. The van der Waals surface area contributed by atoms with Crippen molar-refractivity contribution in [1.82, 2.24) is 10.2 Å². The minimum atomic E-state index is -3.82. The lowest BCUT2D eigenvalue weighted by Gasteiger charge is -2.33. The van der Waals surface area contributed by atoms with Crippen LogP contribution < -0.4 is 19.1 Å². The molecule has 3 rings (SSSR count). The minimum absolute atomic E-state index is 0.177. The predicted molar refractivity (Wildman–Crippen MR) is 129 cm³/mol. The van der Waals surface area contributed by atoms with Gasteiger partial charge in [0.25, 0.3) is 0 Å². The summed E-state index contributed by atoms with van der Waals surface area (Å²) in [4.78, 5) is 27.6. The molecule has 0 radical (unpaired) electrons. The maximum absolute atomic E-state index is 13.6. The third kappa shape index (κ3) is 5.80. The normalized spacial score (nSPS) is 13.6. The Hall–Kier alpha value is -3.27. The molecule has 2 amide bonds. The number of amides is 2. The topological polar surface area (TPSA) is 105 Å². The van der Waals surface area contributed by atoms with Crippen molar-refractivity contribution in [2.75, 3.05) is 37.4 Å². The van der Waals surface area contributed by atoms with E-state index in [1.807, 2.05) is 38.1 Å². The monoisotopic (exact) mass is 489 g/mol. The third-order valence-electron chi connectivity index (χ3n) is 5.73. The highest BCUT2D eigenvalue weighted by Crippen LogP contribution is 2.34. The molecule has 0 unspecified atom stereocenters. The molecule has 1 aliphatic heterocycles. The van der Waals surface area contributed by atoms with E-state index in [2.05, 4.69) is 5.32 Å². The van der Waals surface area contributed by atoms with E-state index in [4.69, 9.17) is 9.47 Å². The lowest BCUT2D eigenvalue weighted by Crippen LogP contribution is -2.51. The van der Waals surface area contributed by atoms with Gasteiger partial charge in [-0.3, -0.25) is 13.9 Å². The van der Waals surface area contributed by atoms with Gasteiger partial charge in [-0.1, -0.05) is 31.2 Å². The number of nitrogens with zero attached hydrogens (tertiary/aromatic N) is 2. The van der Waals surface area contributed by atoms with E-state index in [0.29, 0.717) is 31.1 Å². The van der Waals surface area contributed by atoms with Gasteiger partial charge in [0.1, 0.15) is 25.8 Å². The van der Waals surface area contributed by atoms with Crippen molar-refractivity contribution in [3.8, 4) is 11.5 Å². The fraction of sp³-hybridized carbons (Fsp3) is 0.417. The van der Waals surface area contributed by atoms with Gasteiger partial charge in [-0.25, -0.2) is 8.42 Å². The average Bonchev–Trinajstić information content (AvgIpc) is 2.82. The lowest BCUT2D eigenvalue weighted by atomic mass is 10.1. The summed E-state index contributed by atoms with van der Waals surface area (Å²) in [5, 5.41) is 2.61. The summed E-state index contributed by atoms with van der Waals surface area (Å²) in [6.45, 7) is 4.22. The van der Waals surface area contributed by atoms with Crippen LogP contribution in [-0.4, -0.2) is 64.2 Å². The van der Waals surface area contributed by atoms with E-state index in [1.54, 1.807) is 18.2 Å². The van der Waals surface area contributed by atoms with E-state index >= 15 is 0 Å². The highest BCUT2D eigenvalue weighted by Gasteiger charge is 2.32. The van der Waals surface area contributed by atoms with E-state index in [1.165, 1.54) is 11.9 Å². The number of sulfonamides is 1. The van der Waals surface area contributed by atoms with Crippen LogP contribution in [0.1, 0.15) is 24.5 Å². The Labute approximate surface area is 200 Å². The summed E-state index contributed by atoms with van der Waals surface area (Å²) in [6, 6.07) is 11.6. The number of carbonyl (C=O) groups is 2. The molecule has 1 atom stereocenters. The molecule has 1 heterocycles. The molecule has 1 N–H and O–H groups in total. The molecule has 0 fully saturated rings. The highest BCUT2D eigenvalue weighted by atomic mass is 32.2. The first-order valence-corrected chi connectivity index (χ1v) is 12.9. The zero-order valence-electron chi connectivity index (χ0n) is 19.9. The molecule has 184 valence electrons. The molecule has 0 saturated carbocycles. The van der Waals surface area contributed by atoms with E-state index in [-0.39, 0.29) is 18.1 Å². The zero-order valence-corrected chi connectivity index (χ0v) is 20.7. The summed E-state index contributed by atoms with van der Waals surface area (Å²) in [5.41, 5.74) is 2.13. The molecule has 2 aromatic rings. The van der Waals surface area contributed by atoms with Gasteiger partial charge in [-0.15, -0.1) is 0 Å². The van der Waals surface area contributed by atoms with Crippen LogP contribution in [0.4, 0.5) is 5.69 Å².